The van der Waals surface area contributed by atoms with Gasteiger partial charge in [-0.15, -0.1) is 0 Å². The van der Waals surface area contributed by atoms with E-state index < -0.39 is 10.1 Å². The van der Waals surface area contributed by atoms with Gasteiger partial charge in [0.05, 0.1) is 4.90 Å². The minimum atomic E-state index is -4.29. The van der Waals surface area contributed by atoms with Crippen molar-refractivity contribution in [3.05, 3.63) is 83.9 Å². The number of carbonyl (C=O) groups is 1. The highest BCUT2D eigenvalue weighted by atomic mass is 32.2. The second-order valence-electron chi connectivity index (χ2n) is 7.85. The Kier molecular flexibility index (Phi) is 5.12. The van der Waals surface area contributed by atoms with Crippen molar-refractivity contribution >= 4 is 33.5 Å². The number of anilines is 1. The van der Waals surface area contributed by atoms with Crippen molar-refractivity contribution in [2.75, 3.05) is 16.4 Å². The van der Waals surface area contributed by atoms with Gasteiger partial charge in [-0.05, 0) is 59.2 Å². The molecule has 1 saturated heterocycles. The molecule has 158 valence electrons. The summed E-state index contributed by atoms with van der Waals surface area (Å²) in [6.07, 6.45) is 0.846. The maximum Gasteiger partial charge on any atom is 0.294 e. The maximum atomic E-state index is 13.5. The van der Waals surface area contributed by atoms with Gasteiger partial charge in [-0.2, -0.15) is 20.2 Å². The van der Waals surface area contributed by atoms with Crippen molar-refractivity contribution in [1.82, 2.24) is 0 Å². The molecular weight excluding hydrogens is 430 g/mol. The van der Waals surface area contributed by atoms with Crippen LogP contribution >= 0.6 is 11.8 Å². The zero-order valence-corrected chi connectivity index (χ0v) is 18.3. The highest BCUT2D eigenvalue weighted by molar-refractivity contribution is 7.99. The molecule has 0 bridgehead atoms. The van der Waals surface area contributed by atoms with Crippen molar-refractivity contribution in [1.29, 1.82) is 0 Å². The van der Waals surface area contributed by atoms with Crippen LogP contribution in [0.15, 0.2) is 77.7 Å². The highest BCUT2D eigenvalue weighted by Crippen LogP contribution is 2.47. The summed E-state index contributed by atoms with van der Waals surface area (Å²) in [5.74, 6) is 1.75. The summed E-state index contributed by atoms with van der Waals surface area (Å²) in [6.45, 7) is 0. The Morgan fingerprint density at radius 3 is 2.39 bits per heavy atom. The van der Waals surface area contributed by atoms with E-state index in [-0.39, 0.29) is 22.8 Å². The van der Waals surface area contributed by atoms with Crippen LogP contribution in [-0.4, -0.2) is 36.4 Å². The van der Waals surface area contributed by atoms with Crippen LogP contribution in [0, 0.1) is 0 Å². The van der Waals surface area contributed by atoms with Gasteiger partial charge in [-0.25, -0.2) is 0 Å². The van der Waals surface area contributed by atoms with Crippen molar-refractivity contribution in [2.45, 2.75) is 23.3 Å². The van der Waals surface area contributed by atoms with E-state index in [9.17, 15) is 17.8 Å². The van der Waals surface area contributed by atoms with Crippen LogP contribution < -0.4 is 4.90 Å². The average Bonchev–Trinajstić information content (AvgIpc) is 3.12. The summed E-state index contributed by atoms with van der Waals surface area (Å²) in [7, 11) is -4.29. The molecule has 0 aliphatic carbocycles. The number of benzene rings is 3. The number of rotatable bonds is 3. The lowest BCUT2D eigenvalue weighted by Gasteiger charge is -2.32. The van der Waals surface area contributed by atoms with Crippen molar-refractivity contribution in [3.63, 3.8) is 0 Å². The van der Waals surface area contributed by atoms with Crippen LogP contribution in [0.1, 0.15) is 28.3 Å². The van der Waals surface area contributed by atoms with Crippen LogP contribution in [0.25, 0.3) is 11.1 Å². The molecule has 2 heterocycles. The fraction of sp³-hybridized carbons (Fsp3) is 0.208. The Morgan fingerprint density at radius 2 is 1.68 bits per heavy atom. The summed E-state index contributed by atoms with van der Waals surface area (Å²) >= 11 is 1.81. The SMILES string of the molecule is O=C(c1ccc(-c2ccccc2)cc1)N1c2ccc(S(=O)(=O)O)cc2C2CSCCC21. The zero-order chi connectivity index (χ0) is 21.6. The number of thioether (sulfide) groups is 1. The Balaban J connectivity index is 1.52. The summed E-state index contributed by atoms with van der Waals surface area (Å²) in [5, 5.41) is 0. The molecule has 7 heteroatoms. The van der Waals surface area contributed by atoms with E-state index in [0.29, 0.717) is 5.56 Å². The molecule has 0 spiro atoms. The summed E-state index contributed by atoms with van der Waals surface area (Å²) in [6, 6.07) is 22.2. The van der Waals surface area contributed by atoms with E-state index in [1.807, 2.05) is 71.3 Å². The van der Waals surface area contributed by atoms with E-state index in [1.54, 1.807) is 6.07 Å². The molecular formula is C24H21NO4S2. The topological polar surface area (TPSA) is 74.7 Å². The number of nitrogens with zero attached hydrogens (tertiary/aromatic N) is 1. The van der Waals surface area contributed by atoms with Gasteiger partial charge >= 0.3 is 0 Å². The molecule has 2 unspecified atom stereocenters. The fourth-order valence-electron chi connectivity index (χ4n) is 4.56. The predicted octanol–water partition coefficient (Wildman–Crippen LogP) is 4.85. The number of hydrogen-bond donors (Lipinski definition) is 1. The third-order valence-corrected chi connectivity index (χ3v) is 8.03. The molecule has 5 nitrogen and oxygen atoms in total. The Bertz CT molecular complexity index is 1240. The van der Waals surface area contributed by atoms with Crippen molar-refractivity contribution in [2.24, 2.45) is 0 Å². The van der Waals surface area contributed by atoms with E-state index in [2.05, 4.69) is 0 Å². The maximum absolute atomic E-state index is 13.5. The number of carbonyl (C=O) groups excluding carboxylic acids is 1. The second kappa shape index (κ2) is 7.82. The van der Waals surface area contributed by atoms with E-state index >= 15 is 0 Å². The van der Waals surface area contributed by atoms with Gasteiger partial charge in [0.1, 0.15) is 0 Å². The molecule has 2 atom stereocenters. The molecule has 1 fully saturated rings. The fourth-order valence-corrected chi connectivity index (χ4v) is 6.30. The molecule has 31 heavy (non-hydrogen) atoms. The number of amides is 1. The Morgan fingerprint density at radius 1 is 0.968 bits per heavy atom. The lowest BCUT2D eigenvalue weighted by Crippen LogP contribution is -2.41. The van der Waals surface area contributed by atoms with Crippen molar-refractivity contribution in [3.8, 4) is 11.1 Å². The molecule has 3 aromatic carbocycles. The van der Waals surface area contributed by atoms with Crippen LogP contribution in [0.2, 0.25) is 0 Å². The molecule has 2 aliphatic rings. The molecule has 3 aromatic rings. The van der Waals surface area contributed by atoms with Gasteiger partial charge in [-0.1, -0.05) is 42.5 Å². The van der Waals surface area contributed by atoms with Gasteiger partial charge in [0.15, 0.2) is 0 Å². The van der Waals surface area contributed by atoms with Crippen LogP contribution in [0.5, 0.6) is 0 Å². The largest absolute Gasteiger partial charge is 0.304 e. The lowest BCUT2D eigenvalue weighted by atomic mass is 9.94. The molecule has 1 N–H and O–H groups in total. The lowest BCUT2D eigenvalue weighted by molar-refractivity contribution is 0.0977. The normalized spacial score (nSPS) is 20.2. The van der Waals surface area contributed by atoms with Gasteiger partial charge < -0.3 is 4.90 Å². The first kappa shape index (κ1) is 20.3. The third kappa shape index (κ3) is 3.67. The summed E-state index contributed by atoms with van der Waals surface area (Å²) in [4.78, 5) is 15.2. The van der Waals surface area contributed by atoms with Gasteiger partial charge in [0.25, 0.3) is 16.0 Å². The third-order valence-electron chi connectivity index (χ3n) is 6.07. The quantitative estimate of drug-likeness (QED) is 0.576. The van der Waals surface area contributed by atoms with E-state index in [4.69, 9.17) is 0 Å². The smallest absolute Gasteiger partial charge is 0.294 e. The molecule has 0 radical (unpaired) electrons. The van der Waals surface area contributed by atoms with Gasteiger partial charge in [0, 0.05) is 29.0 Å². The first-order chi connectivity index (χ1) is 14.9. The molecule has 0 aromatic heterocycles. The molecule has 5 rings (SSSR count). The van der Waals surface area contributed by atoms with Crippen LogP contribution in [0.4, 0.5) is 5.69 Å². The Hall–Kier alpha value is -2.61. The average molecular weight is 452 g/mol. The first-order valence-electron chi connectivity index (χ1n) is 10.1. The second-order valence-corrected chi connectivity index (χ2v) is 10.4. The van der Waals surface area contributed by atoms with E-state index in [1.165, 1.54) is 12.1 Å². The van der Waals surface area contributed by atoms with Crippen molar-refractivity contribution < 1.29 is 17.8 Å². The number of hydrogen-bond acceptors (Lipinski definition) is 4. The van der Waals surface area contributed by atoms with Crippen LogP contribution in [0.3, 0.4) is 0 Å². The predicted molar refractivity (Wildman–Crippen MR) is 123 cm³/mol. The monoisotopic (exact) mass is 451 g/mol. The minimum Gasteiger partial charge on any atom is -0.304 e. The van der Waals surface area contributed by atoms with Gasteiger partial charge in [-0.3, -0.25) is 9.35 Å². The summed E-state index contributed by atoms with van der Waals surface area (Å²) in [5.41, 5.74) is 4.30. The zero-order valence-electron chi connectivity index (χ0n) is 16.6. The molecule has 1 amide bonds. The van der Waals surface area contributed by atoms with Gasteiger partial charge in [0.2, 0.25) is 0 Å². The Labute approximate surface area is 185 Å². The highest BCUT2D eigenvalue weighted by Gasteiger charge is 2.43. The standard InChI is InChI=1S/C24H21NO4S2/c26-24(18-8-6-17(7-9-18)16-4-2-1-3-5-16)25-22-11-10-19(31(27,28)29)14-20(22)21-15-30-13-12-23(21)25/h1-11,14,21,23H,12-13,15H2,(H,27,28,29). The first-order valence-corrected chi connectivity index (χ1v) is 12.7. The van der Waals surface area contributed by atoms with Crippen LogP contribution in [-0.2, 0) is 10.1 Å². The summed E-state index contributed by atoms with van der Waals surface area (Å²) < 4.78 is 32.8. The number of fused-ring (bicyclic) bond motifs is 3. The van der Waals surface area contributed by atoms with E-state index in [0.717, 1.165) is 40.3 Å². The molecule has 2 aliphatic heterocycles. The molecule has 0 saturated carbocycles. The minimum absolute atomic E-state index is 0.00537.